The molecule has 4 rings (SSSR count). The van der Waals surface area contributed by atoms with Crippen LogP contribution in [0.4, 0.5) is 13.2 Å². The number of allylic oxidation sites excluding steroid dienone is 4. The molecular weight excluding hydrogens is 393 g/mol. The largest absolute Gasteiger partial charge is 0.392 e. The molecule has 166 valence electrons. The van der Waals surface area contributed by atoms with Gasteiger partial charge < -0.3 is 10.2 Å². The van der Waals surface area contributed by atoms with Gasteiger partial charge in [-0.15, -0.1) is 0 Å². The van der Waals surface area contributed by atoms with Crippen LogP contribution in [0.2, 0.25) is 0 Å². The summed E-state index contributed by atoms with van der Waals surface area (Å²) < 4.78 is 43.0. The van der Waals surface area contributed by atoms with Crippen LogP contribution in [0.3, 0.4) is 0 Å². The number of fused-ring (bicyclic) bond motifs is 5. The van der Waals surface area contributed by atoms with E-state index in [2.05, 4.69) is 0 Å². The van der Waals surface area contributed by atoms with Gasteiger partial charge in [-0.2, -0.15) is 13.2 Å². The third-order valence-electron chi connectivity index (χ3n) is 9.42. The summed E-state index contributed by atoms with van der Waals surface area (Å²) in [6.45, 7) is 7.09. The number of halogens is 3. The maximum absolute atomic E-state index is 14.3. The Morgan fingerprint density at radius 1 is 1.27 bits per heavy atom. The first kappa shape index (κ1) is 21.8. The van der Waals surface area contributed by atoms with Crippen LogP contribution in [0.1, 0.15) is 47.0 Å². The number of carbonyl (C=O) groups excluding carboxylic acids is 1. The van der Waals surface area contributed by atoms with Crippen LogP contribution in [0, 0.1) is 39.9 Å². The van der Waals surface area contributed by atoms with Gasteiger partial charge in [0.2, 0.25) is 0 Å². The molecule has 0 aromatic heterocycles. The maximum atomic E-state index is 14.3. The minimum Gasteiger partial charge on any atom is -0.389 e. The summed E-state index contributed by atoms with van der Waals surface area (Å²) in [5.41, 5.74) is -0.720. The van der Waals surface area contributed by atoms with Crippen molar-refractivity contribution in [3.05, 3.63) is 35.5 Å². The number of Topliss-reactive ketones (excluding diaryl/α,β-unsaturated/α-hetero) is 1. The zero-order valence-corrected chi connectivity index (χ0v) is 18.0. The first-order valence-electron chi connectivity index (χ1n) is 10.8. The predicted molar refractivity (Wildman–Crippen MR) is 107 cm³/mol. The number of alkyl halides is 3. The van der Waals surface area contributed by atoms with Crippen LogP contribution >= 0.6 is 0 Å². The predicted octanol–water partition coefficient (Wildman–Crippen LogP) is 4.61. The van der Waals surface area contributed by atoms with Gasteiger partial charge in [0.1, 0.15) is 6.61 Å². The molecule has 0 radical (unpaired) electrons. The summed E-state index contributed by atoms with van der Waals surface area (Å²) in [5, 5.41) is 19.6. The van der Waals surface area contributed by atoms with Crippen LogP contribution in [0.5, 0.6) is 0 Å². The van der Waals surface area contributed by atoms with Crippen molar-refractivity contribution in [2.24, 2.45) is 39.9 Å². The third-order valence-corrected chi connectivity index (χ3v) is 9.42. The summed E-state index contributed by atoms with van der Waals surface area (Å²) in [6, 6.07) is 0. The van der Waals surface area contributed by atoms with E-state index in [0.717, 1.165) is 5.57 Å². The number of aliphatic hydroxyl groups excluding tert-OH is 2. The van der Waals surface area contributed by atoms with Gasteiger partial charge in [0, 0.05) is 10.8 Å². The van der Waals surface area contributed by atoms with Crippen LogP contribution < -0.4 is 0 Å². The van der Waals surface area contributed by atoms with Crippen LogP contribution in [-0.4, -0.2) is 34.9 Å². The Balaban J connectivity index is 1.89. The highest BCUT2D eigenvalue weighted by atomic mass is 19.4. The van der Waals surface area contributed by atoms with E-state index in [1.807, 2.05) is 39.8 Å². The van der Waals surface area contributed by atoms with E-state index in [1.165, 1.54) is 0 Å². The van der Waals surface area contributed by atoms with Gasteiger partial charge in [-0.05, 0) is 49.4 Å². The zero-order chi connectivity index (χ0) is 22.3. The van der Waals surface area contributed by atoms with Crippen molar-refractivity contribution in [3.63, 3.8) is 0 Å². The van der Waals surface area contributed by atoms with E-state index in [-0.39, 0.29) is 24.0 Å². The molecule has 0 aliphatic heterocycles. The highest BCUT2D eigenvalue weighted by molar-refractivity contribution is 5.87. The summed E-state index contributed by atoms with van der Waals surface area (Å²) in [7, 11) is 0. The van der Waals surface area contributed by atoms with Crippen LogP contribution in [0.25, 0.3) is 0 Å². The van der Waals surface area contributed by atoms with E-state index in [0.29, 0.717) is 18.4 Å². The smallest absolute Gasteiger partial charge is 0.389 e. The fourth-order valence-electron chi connectivity index (χ4n) is 7.30. The topological polar surface area (TPSA) is 57.5 Å². The van der Waals surface area contributed by atoms with Crippen molar-refractivity contribution >= 4 is 5.78 Å². The van der Waals surface area contributed by atoms with Gasteiger partial charge in [0.25, 0.3) is 0 Å². The van der Waals surface area contributed by atoms with Gasteiger partial charge in [0.15, 0.2) is 5.78 Å². The lowest BCUT2D eigenvalue weighted by Gasteiger charge is -2.57. The quantitative estimate of drug-likeness (QED) is 0.637. The SMILES string of the molecule is C[C@H]1CC2C3C(=CC[C@]2(C)[C@@]1(C)C(=O)CO)[C@@]1(C)C=CC(O)C=C1CC3C(F)(F)F. The second-order valence-electron chi connectivity index (χ2n) is 10.4. The van der Waals surface area contributed by atoms with Crippen molar-refractivity contribution in [2.45, 2.75) is 59.2 Å². The number of ketones is 1. The van der Waals surface area contributed by atoms with Crippen molar-refractivity contribution in [1.82, 2.24) is 0 Å². The second kappa shape index (κ2) is 6.55. The minimum atomic E-state index is -4.38. The normalized spacial score (nSPS) is 47.7. The first-order chi connectivity index (χ1) is 13.8. The Labute approximate surface area is 175 Å². The molecular formula is C24H31F3O3. The van der Waals surface area contributed by atoms with Crippen molar-refractivity contribution in [1.29, 1.82) is 0 Å². The number of carbonyl (C=O) groups is 1. The summed E-state index contributed by atoms with van der Waals surface area (Å²) >= 11 is 0. The Bertz CT molecular complexity index is 856. The summed E-state index contributed by atoms with van der Waals surface area (Å²) in [5.74, 6) is -2.92. The molecule has 4 aliphatic rings. The minimum absolute atomic E-state index is 0.109. The molecule has 3 nitrogen and oxygen atoms in total. The number of rotatable bonds is 2. The lowest BCUT2D eigenvalue weighted by Crippen LogP contribution is -2.54. The average Bonchev–Trinajstić information content (AvgIpc) is 2.88. The third kappa shape index (κ3) is 2.62. The fourth-order valence-corrected chi connectivity index (χ4v) is 7.30. The Morgan fingerprint density at radius 3 is 2.53 bits per heavy atom. The lowest BCUT2D eigenvalue weighted by atomic mass is 9.47. The van der Waals surface area contributed by atoms with Crippen molar-refractivity contribution in [3.8, 4) is 0 Å². The summed E-state index contributed by atoms with van der Waals surface area (Å²) in [6.07, 6.45) is 2.71. The molecule has 4 aliphatic carbocycles. The molecule has 0 aromatic rings. The average molecular weight is 425 g/mol. The lowest BCUT2D eigenvalue weighted by molar-refractivity contribution is -0.200. The van der Waals surface area contributed by atoms with Gasteiger partial charge >= 0.3 is 6.18 Å². The first-order valence-corrected chi connectivity index (χ1v) is 10.8. The number of aliphatic hydroxyl groups is 2. The molecule has 2 fully saturated rings. The standard InChI is InChI=1S/C24H31F3O3/c1-13-9-17-20-16(6-8-22(17,3)23(13,4)19(30)12-28)21(2)7-5-15(29)10-14(21)11-18(20)24(25,26)27/h5-7,10,13,15,17-18,20,28-29H,8-9,11-12H2,1-4H3/t13-,15?,17?,18?,20?,21-,22-,23+/m0/s1. The van der Waals surface area contributed by atoms with Gasteiger partial charge in [0.05, 0.1) is 12.0 Å². The Kier molecular flexibility index (Phi) is 4.76. The molecule has 0 heterocycles. The fraction of sp³-hybridized carbons (Fsp3) is 0.708. The van der Waals surface area contributed by atoms with E-state index in [1.54, 1.807) is 12.2 Å². The molecule has 0 amide bonds. The molecule has 8 atom stereocenters. The Hall–Kier alpha value is -1.40. The highest BCUT2D eigenvalue weighted by Crippen LogP contribution is 2.71. The molecule has 0 saturated heterocycles. The Morgan fingerprint density at radius 2 is 1.93 bits per heavy atom. The molecule has 6 heteroatoms. The van der Waals surface area contributed by atoms with Crippen molar-refractivity contribution < 1.29 is 28.2 Å². The van der Waals surface area contributed by atoms with Crippen molar-refractivity contribution in [2.75, 3.05) is 6.61 Å². The second-order valence-corrected chi connectivity index (χ2v) is 10.4. The maximum Gasteiger partial charge on any atom is 0.392 e. The molecule has 30 heavy (non-hydrogen) atoms. The number of hydrogen-bond donors (Lipinski definition) is 2. The molecule has 4 unspecified atom stereocenters. The van der Waals surface area contributed by atoms with E-state index < -0.39 is 47.0 Å². The monoisotopic (exact) mass is 424 g/mol. The zero-order valence-electron chi connectivity index (χ0n) is 18.0. The highest BCUT2D eigenvalue weighted by Gasteiger charge is 2.68. The van der Waals surface area contributed by atoms with Gasteiger partial charge in [-0.25, -0.2) is 0 Å². The van der Waals surface area contributed by atoms with Crippen LogP contribution in [-0.2, 0) is 4.79 Å². The van der Waals surface area contributed by atoms with Crippen LogP contribution in [0.15, 0.2) is 35.5 Å². The molecule has 2 N–H and O–H groups in total. The van der Waals surface area contributed by atoms with E-state index >= 15 is 0 Å². The summed E-state index contributed by atoms with van der Waals surface area (Å²) in [4.78, 5) is 12.8. The molecule has 0 bridgehead atoms. The molecule has 0 aromatic carbocycles. The van der Waals surface area contributed by atoms with E-state index in [9.17, 15) is 28.2 Å². The van der Waals surface area contributed by atoms with E-state index in [4.69, 9.17) is 0 Å². The molecule has 0 spiro atoms. The number of hydrogen-bond acceptors (Lipinski definition) is 3. The van der Waals surface area contributed by atoms with Gasteiger partial charge in [-0.1, -0.05) is 56.2 Å². The molecule has 2 saturated carbocycles. The van der Waals surface area contributed by atoms with Gasteiger partial charge in [-0.3, -0.25) is 4.79 Å².